The zero-order valence-corrected chi connectivity index (χ0v) is 17.9. The molecule has 4 fully saturated rings. The van der Waals surface area contributed by atoms with E-state index in [-0.39, 0.29) is 29.3 Å². The molecule has 5 atom stereocenters. The number of quaternary nitrogens is 1. The number of fused-ring (bicyclic) bond motifs is 2. The normalized spacial score (nSPS) is 36.9. The summed E-state index contributed by atoms with van der Waals surface area (Å²) in [6.45, 7) is 10.7. The Morgan fingerprint density at radius 2 is 2.17 bits per heavy atom. The molecule has 2 saturated carbocycles. The molecule has 1 N–H and O–H groups in total. The lowest BCUT2D eigenvalue weighted by Gasteiger charge is -2.50. The summed E-state index contributed by atoms with van der Waals surface area (Å²) in [5.41, 5.74) is 1.63. The van der Waals surface area contributed by atoms with Gasteiger partial charge in [-0.3, -0.25) is 9.59 Å². The van der Waals surface area contributed by atoms with Crippen molar-refractivity contribution < 1.29 is 23.6 Å². The number of ether oxygens (including phenoxy) is 1. The molecule has 162 valence electrons. The number of carbonyl (C=O) groups excluding carboxylic acids is 2. The SMILES string of the molecule is C=C1CCC[C@]2(C)C[C@H]3OC(=O)[C@@H](C[NH+]4CCN(C(=O)c5ccco5)CC4)[C@H]3C[C@@H]12. The standard InChI is InChI=1S/C24H32N2O4/c1-16-5-3-7-24(2)14-21-17(13-19(16)24)18(23(28)30-21)15-25-8-10-26(11-9-25)22(27)20-6-4-12-29-20/h4,6,12,17-19,21H,1,3,5,7-11,13-15H2,2H3/p+1/t17-,18+,19+,21-,24-/m1/s1. The molecule has 0 radical (unpaired) electrons. The Morgan fingerprint density at radius 3 is 2.90 bits per heavy atom. The fraction of sp³-hybridized carbons (Fsp3) is 0.667. The molecule has 0 bridgehead atoms. The number of hydrogen-bond acceptors (Lipinski definition) is 4. The van der Waals surface area contributed by atoms with Crippen molar-refractivity contribution in [3.8, 4) is 0 Å². The second kappa shape index (κ2) is 7.56. The van der Waals surface area contributed by atoms with Crippen LogP contribution in [0.25, 0.3) is 0 Å². The van der Waals surface area contributed by atoms with Gasteiger partial charge in [0.1, 0.15) is 12.0 Å². The van der Waals surface area contributed by atoms with Gasteiger partial charge in [-0.1, -0.05) is 19.1 Å². The Hall–Kier alpha value is -2.08. The topological polar surface area (TPSA) is 64.2 Å². The number of esters is 1. The van der Waals surface area contributed by atoms with E-state index in [1.165, 1.54) is 29.6 Å². The molecule has 6 nitrogen and oxygen atoms in total. The molecule has 1 aromatic heterocycles. The molecular formula is C24H33N2O4+. The van der Waals surface area contributed by atoms with E-state index in [0.29, 0.717) is 30.7 Å². The van der Waals surface area contributed by atoms with E-state index in [4.69, 9.17) is 9.15 Å². The minimum Gasteiger partial charge on any atom is -0.462 e. The molecule has 1 amide bonds. The molecule has 0 unspecified atom stereocenters. The van der Waals surface area contributed by atoms with Gasteiger partial charge in [-0.25, -0.2) is 0 Å². The van der Waals surface area contributed by atoms with Gasteiger partial charge < -0.3 is 19.0 Å². The Bertz CT molecular complexity index is 826. The maximum absolute atomic E-state index is 12.8. The number of amides is 1. The summed E-state index contributed by atoms with van der Waals surface area (Å²) in [4.78, 5) is 28.5. The van der Waals surface area contributed by atoms with E-state index < -0.39 is 0 Å². The first kappa shape index (κ1) is 19.9. The summed E-state index contributed by atoms with van der Waals surface area (Å²) in [7, 11) is 0. The van der Waals surface area contributed by atoms with Crippen molar-refractivity contribution in [3.05, 3.63) is 36.3 Å². The number of rotatable bonds is 3. The Morgan fingerprint density at radius 1 is 1.37 bits per heavy atom. The van der Waals surface area contributed by atoms with Gasteiger partial charge in [0, 0.05) is 5.92 Å². The lowest BCUT2D eigenvalue weighted by Crippen LogP contribution is -3.15. The smallest absolute Gasteiger partial charge is 0.315 e. The largest absolute Gasteiger partial charge is 0.462 e. The van der Waals surface area contributed by atoms with Crippen LogP contribution in [0.3, 0.4) is 0 Å². The predicted molar refractivity (Wildman–Crippen MR) is 111 cm³/mol. The Labute approximate surface area is 178 Å². The molecule has 0 spiro atoms. The zero-order chi connectivity index (χ0) is 20.9. The van der Waals surface area contributed by atoms with Crippen molar-refractivity contribution in [2.24, 2.45) is 23.2 Å². The average Bonchev–Trinajstić information content (AvgIpc) is 3.35. The van der Waals surface area contributed by atoms with Crippen LogP contribution < -0.4 is 4.90 Å². The van der Waals surface area contributed by atoms with Gasteiger partial charge >= 0.3 is 5.97 Å². The van der Waals surface area contributed by atoms with E-state index in [2.05, 4.69) is 13.5 Å². The van der Waals surface area contributed by atoms with Crippen molar-refractivity contribution in [2.45, 2.75) is 45.1 Å². The fourth-order valence-corrected chi connectivity index (χ4v) is 6.59. The Kier molecular flexibility index (Phi) is 5.00. The van der Waals surface area contributed by atoms with Crippen molar-refractivity contribution in [2.75, 3.05) is 32.7 Å². The van der Waals surface area contributed by atoms with Crippen molar-refractivity contribution >= 4 is 11.9 Å². The maximum Gasteiger partial charge on any atom is 0.315 e. The second-order valence-electron chi connectivity index (χ2n) is 10.1. The van der Waals surface area contributed by atoms with Gasteiger partial charge in [0.2, 0.25) is 0 Å². The molecule has 4 aliphatic rings. The molecule has 2 aliphatic carbocycles. The van der Waals surface area contributed by atoms with Crippen LogP contribution >= 0.6 is 0 Å². The number of furan rings is 1. The minimum atomic E-state index is -0.0400. The summed E-state index contributed by atoms with van der Waals surface area (Å²) in [5.74, 6) is 1.19. The summed E-state index contributed by atoms with van der Waals surface area (Å²) in [5, 5.41) is 0. The van der Waals surface area contributed by atoms with Crippen LogP contribution in [0.4, 0.5) is 0 Å². The zero-order valence-electron chi connectivity index (χ0n) is 17.9. The summed E-state index contributed by atoms with van der Waals surface area (Å²) in [6, 6.07) is 3.46. The highest BCUT2D eigenvalue weighted by atomic mass is 16.6. The van der Waals surface area contributed by atoms with Gasteiger partial charge in [0.05, 0.1) is 39.0 Å². The lowest BCUT2D eigenvalue weighted by molar-refractivity contribution is -0.906. The van der Waals surface area contributed by atoms with Crippen molar-refractivity contribution in [3.63, 3.8) is 0 Å². The van der Waals surface area contributed by atoms with Gasteiger partial charge in [0.25, 0.3) is 5.91 Å². The quantitative estimate of drug-likeness (QED) is 0.608. The highest BCUT2D eigenvalue weighted by Gasteiger charge is 2.56. The molecule has 6 heteroatoms. The monoisotopic (exact) mass is 413 g/mol. The van der Waals surface area contributed by atoms with E-state index in [1.807, 2.05) is 4.90 Å². The van der Waals surface area contributed by atoms with Gasteiger partial charge in [-0.15, -0.1) is 0 Å². The van der Waals surface area contributed by atoms with Crippen LogP contribution in [0, 0.1) is 23.2 Å². The first-order chi connectivity index (χ1) is 14.4. The van der Waals surface area contributed by atoms with Crippen LogP contribution in [0.2, 0.25) is 0 Å². The first-order valence-electron chi connectivity index (χ1n) is 11.5. The third kappa shape index (κ3) is 3.39. The van der Waals surface area contributed by atoms with Crippen LogP contribution in [0.5, 0.6) is 0 Å². The van der Waals surface area contributed by atoms with E-state index >= 15 is 0 Å². The minimum absolute atomic E-state index is 0.000509. The molecule has 0 aromatic carbocycles. The molecule has 2 saturated heterocycles. The first-order valence-corrected chi connectivity index (χ1v) is 11.5. The number of carbonyl (C=O) groups is 2. The maximum atomic E-state index is 12.8. The number of allylic oxidation sites excluding steroid dienone is 1. The summed E-state index contributed by atoms with van der Waals surface area (Å²) < 4.78 is 11.2. The highest BCUT2D eigenvalue weighted by molar-refractivity contribution is 5.91. The molecule has 1 aromatic rings. The average molecular weight is 414 g/mol. The third-order valence-corrected chi connectivity index (χ3v) is 8.32. The van der Waals surface area contributed by atoms with Crippen LogP contribution in [-0.2, 0) is 9.53 Å². The van der Waals surface area contributed by atoms with Crippen molar-refractivity contribution in [1.82, 2.24) is 4.90 Å². The van der Waals surface area contributed by atoms with E-state index in [9.17, 15) is 9.59 Å². The third-order valence-electron chi connectivity index (χ3n) is 8.32. The van der Waals surface area contributed by atoms with E-state index in [0.717, 1.165) is 38.9 Å². The molecule has 30 heavy (non-hydrogen) atoms. The van der Waals surface area contributed by atoms with Crippen LogP contribution in [0.1, 0.15) is 49.6 Å². The van der Waals surface area contributed by atoms with Gasteiger partial charge in [-0.2, -0.15) is 0 Å². The van der Waals surface area contributed by atoms with E-state index in [1.54, 1.807) is 12.1 Å². The van der Waals surface area contributed by atoms with Gasteiger partial charge in [-0.05, 0) is 55.6 Å². The lowest BCUT2D eigenvalue weighted by atomic mass is 9.55. The molecular weight excluding hydrogens is 380 g/mol. The predicted octanol–water partition coefficient (Wildman–Crippen LogP) is 1.93. The number of nitrogens with one attached hydrogen (secondary N) is 1. The van der Waals surface area contributed by atoms with Gasteiger partial charge in [0.15, 0.2) is 5.76 Å². The summed E-state index contributed by atoms with van der Waals surface area (Å²) >= 11 is 0. The fourth-order valence-electron chi connectivity index (χ4n) is 6.59. The van der Waals surface area contributed by atoms with Crippen LogP contribution in [-0.4, -0.2) is 55.6 Å². The highest BCUT2D eigenvalue weighted by Crippen LogP contribution is 2.56. The molecule has 2 aliphatic heterocycles. The molecule has 3 heterocycles. The Balaban J connectivity index is 1.21. The number of piperazine rings is 1. The number of nitrogens with zero attached hydrogens (tertiary/aromatic N) is 1. The molecule has 5 rings (SSSR count). The second-order valence-corrected chi connectivity index (χ2v) is 10.1. The summed E-state index contributed by atoms with van der Waals surface area (Å²) in [6.07, 6.45) is 7.22. The van der Waals surface area contributed by atoms with Crippen molar-refractivity contribution in [1.29, 1.82) is 0 Å². The van der Waals surface area contributed by atoms with Crippen LogP contribution in [0.15, 0.2) is 35.0 Å². The number of hydrogen-bond donors (Lipinski definition) is 1.